The van der Waals surface area contributed by atoms with E-state index < -0.39 is 0 Å². The van der Waals surface area contributed by atoms with Gasteiger partial charge in [-0.25, -0.2) is 0 Å². The van der Waals surface area contributed by atoms with Crippen LogP contribution in [0.25, 0.3) is 0 Å². The van der Waals surface area contributed by atoms with Gasteiger partial charge in [0.15, 0.2) is 0 Å². The van der Waals surface area contributed by atoms with Crippen molar-refractivity contribution in [2.24, 2.45) is 5.41 Å². The van der Waals surface area contributed by atoms with Gasteiger partial charge in [-0.15, -0.1) is 12.4 Å². The second kappa shape index (κ2) is 9.78. The van der Waals surface area contributed by atoms with E-state index in [-0.39, 0.29) is 23.7 Å². The van der Waals surface area contributed by atoms with Crippen LogP contribution in [0, 0.1) is 12.3 Å². The molecule has 0 aliphatic carbocycles. The average molecular weight is 341 g/mol. The molecule has 23 heavy (non-hydrogen) atoms. The normalized spacial score (nSPS) is 16.3. The summed E-state index contributed by atoms with van der Waals surface area (Å²) in [6, 6.07) is 7.96. The number of halogens is 1. The van der Waals surface area contributed by atoms with E-state index in [1.807, 2.05) is 31.2 Å². The molecule has 0 spiro atoms. The molecule has 0 bridgehead atoms. The molecule has 1 aromatic rings. The Balaban J connectivity index is 0.00000264. The summed E-state index contributed by atoms with van der Waals surface area (Å²) in [6.07, 6.45) is 3.53. The summed E-state index contributed by atoms with van der Waals surface area (Å²) >= 11 is 0. The van der Waals surface area contributed by atoms with E-state index in [2.05, 4.69) is 17.6 Å². The number of ether oxygens (including phenoxy) is 1. The highest BCUT2D eigenvalue weighted by molar-refractivity contribution is 5.85. The molecule has 0 saturated carbocycles. The zero-order chi connectivity index (χ0) is 15.8. The van der Waals surface area contributed by atoms with Crippen molar-refractivity contribution in [3.63, 3.8) is 0 Å². The van der Waals surface area contributed by atoms with Crippen molar-refractivity contribution in [3.8, 4) is 5.75 Å². The van der Waals surface area contributed by atoms with Gasteiger partial charge in [0.1, 0.15) is 5.75 Å². The van der Waals surface area contributed by atoms with Crippen molar-refractivity contribution < 1.29 is 9.53 Å². The van der Waals surface area contributed by atoms with E-state index in [4.69, 9.17) is 4.74 Å². The van der Waals surface area contributed by atoms with E-state index in [1.54, 1.807) is 0 Å². The first-order valence-electron chi connectivity index (χ1n) is 8.25. The van der Waals surface area contributed by atoms with E-state index in [9.17, 15) is 4.79 Å². The lowest BCUT2D eigenvalue weighted by Gasteiger charge is -2.34. The molecule has 1 fully saturated rings. The quantitative estimate of drug-likeness (QED) is 0.750. The van der Waals surface area contributed by atoms with Crippen LogP contribution in [0.3, 0.4) is 0 Å². The second-order valence-electron chi connectivity index (χ2n) is 6.55. The summed E-state index contributed by atoms with van der Waals surface area (Å²) < 4.78 is 5.71. The molecule has 0 atom stereocenters. The molecule has 1 amide bonds. The molecule has 2 rings (SSSR count). The lowest BCUT2D eigenvalue weighted by atomic mass is 9.81. The van der Waals surface area contributed by atoms with Gasteiger partial charge in [-0.3, -0.25) is 4.79 Å². The standard InChI is InChI=1S/C18H28N2O2.ClH/c1-15-6-3-4-7-16(15)22-13-5-8-17(21)20-14-18(2)9-11-19-12-10-18;/h3-4,6-7,19H,5,8-14H2,1-2H3,(H,20,21);1H. The zero-order valence-electron chi connectivity index (χ0n) is 14.2. The summed E-state index contributed by atoms with van der Waals surface area (Å²) in [6.45, 7) is 7.76. The first-order chi connectivity index (χ1) is 10.6. The van der Waals surface area contributed by atoms with Crippen LogP contribution in [0.15, 0.2) is 24.3 Å². The van der Waals surface area contributed by atoms with Gasteiger partial charge in [0.2, 0.25) is 5.91 Å². The Morgan fingerprint density at radius 1 is 1.30 bits per heavy atom. The molecule has 5 heteroatoms. The monoisotopic (exact) mass is 340 g/mol. The van der Waals surface area contributed by atoms with Gasteiger partial charge in [-0.05, 0) is 56.3 Å². The lowest BCUT2D eigenvalue weighted by Crippen LogP contribution is -2.42. The van der Waals surface area contributed by atoms with E-state index in [0.29, 0.717) is 13.0 Å². The van der Waals surface area contributed by atoms with Gasteiger partial charge < -0.3 is 15.4 Å². The van der Waals surface area contributed by atoms with Crippen LogP contribution in [-0.2, 0) is 4.79 Å². The first-order valence-corrected chi connectivity index (χ1v) is 8.25. The Hall–Kier alpha value is -1.26. The molecule has 0 unspecified atom stereocenters. The molecule has 4 nitrogen and oxygen atoms in total. The van der Waals surface area contributed by atoms with E-state index in [1.165, 1.54) is 0 Å². The van der Waals surface area contributed by atoms with Crippen molar-refractivity contribution in [1.82, 2.24) is 10.6 Å². The highest BCUT2D eigenvalue weighted by Gasteiger charge is 2.26. The fourth-order valence-electron chi connectivity index (χ4n) is 2.74. The molecule has 1 aliphatic heterocycles. The fraction of sp³-hybridized carbons (Fsp3) is 0.611. The molecule has 0 radical (unpaired) electrons. The predicted octanol–water partition coefficient (Wildman–Crippen LogP) is 3.08. The predicted molar refractivity (Wildman–Crippen MR) is 96.4 cm³/mol. The van der Waals surface area contributed by atoms with Crippen LogP contribution in [-0.4, -0.2) is 32.1 Å². The van der Waals surface area contributed by atoms with Crippen LogP contribution in [0.2, 0.25) is 0 Å². The Morgan fingerprint density at radius 2 is 2.00 bits per heavy atom. The van der Waals surface area contributed by atoms with Gasteiger partial charge in [0.25, 0.3) is 0 Å². The number of hydrogen-bond donors (Lipinski definition) is 2. The van der Waals surface area contributed by atoms with Crippen molar-refractivity contribution in [3.05, 3.63) is 29.8 Å². The number of carbonyl (C=O) groups excluding carboxylic acids is 1. The highest BCUT2D eigenvalue weighted by atomic mass is 35.5. The number of piperidine rings is 1. The molecular formula is C18H29ClN2O2. The average Bonchev–Trinajstić information content (AvgIpc) is 2.52. The van der Waals surface area contributed by atoms with Gasteiger partial charge in [-0.2, -0.15) is 0 Å². The molecule has 1 aromatic carbocycles. The summed E-state index contributed by atoms with van der Waals surface area (Å²) in [5.74, 6) is 1.04. The number of rotatable bonds is 7. The lowest BCUT2D eigenvalue weighted by molar-refractivity contribution is -0.121. The SMILES string of the molecule is Cc1ccccc1OCCCC(=O)NCC1(C)CCNCC1.Cl. The number of aryl methyl sites for hydroxylation is 1. The zero-order valence-corrected chi connectivity index (χ0v) is 15.0. The molecule has 1 heterocycles. The van der Waals surface area contributed by atoms with Gasteiger partial charge in [0, 0.05) is 13.0 Å². The molecule has 0 aromatic heterocycles. The van der Waals surface area contributed by atoms with Crippen molar-refractivity contribution >= 4 is 18.3 Å². The highest BCUT2D eigenvalue weighted by Crippen LogP contribution is 2.26. The summed E-state index contributed by atoms with van der Waals surface area (Å²) in [5.41, 5.74) is 1.38. The smallest absolute Gasteiger partial charge is 0.220 e. The van der Waals surface area contributed by atoms with Gasteiger partial charge >= 0.3 is 0 Å². The van der Waals surface area contributed by atoms with Crippen LogP contribution < -0.4 is 15.4 Å². The topological polar surface area (TPSA) is 50.4 Å². The largest absolute Gasteiger partial charge is 0.493 e. The Kier molecular flexibility index (Phi) is 8.42. The molecular weight excluding hydrogens is 312 g/mol. The maximum atomic E-state index is 11.9. The molecule has 1 aliphatic rings. The minimum Gasteiger partial charge on any atom is -0.493 e. The Morgan fingerprint density at radius 3 is 2.70 bits per heavy atom. The van der Waals surface area contributed by atoms with Crippen molar-refractivity contribution in [2.75, 3.05) is 26.2 Å². The number of amides is 1. The Labute approximate surface area is 145 Å². The van der Waals surface area contributed by atoms with Gasteiger partial charge in [0.05, 0.1) is 6.61 Å². The maximum Gasteiger partial charge on any atom is 0.220 e. The van der Waals surface area contributed by atoms with Crippen molar-refractivity contribution in [2.45, 2.75) is 39.5 Å². The van der Waals surface area contributed by atoms with Gasteiger partial charge in [-0.1, -0.05) is 25.1 Å². The third-order valence-electron chi connectivity index (χ3n) is 4.42. The summed E-state index contributed by atoms with van der Waals surface area (Å²) in [4.78, 5) is 11.9. The second-order valence-corrected chi connectivity index (χ2v) is 6.55. The molecule has 2 N–H and O–H groups in total. The number of hydrogen-bond acceptors (Lipinski definition) is 3. The summed E-state index contributed by atoms with van der Waals surface area (Å²) in [7, 11) is 0. The third kappa shape index (κ3) is 6.80. The first kappa shape index (κ1) is 19.8. The van der Waals surface area contributed by atoms with Crippen LogP contribution in [0.4, 0.5) is 0 Å². The molecule has 130 valence electrons. The van der Waals surface area contributed by atoms with Crippen LogP contribution in [0.1, 0.15) is 38.2 Å². The van der Waals surface area contributed by atoms with E-state index in [0.717, 1.165) is 50.2 Å². The minimum atomic E-state index is 0. The summed E-state index contributed by atoms with van der Waals surface area (Å²) in [5, 5.41) is 6.44. The Bertz CT molecular complexity index is 488. The van der Waals surface area contributed by atoms with Crippen LogP contribution >= 0.6 is 12.4 Å². The number of para-hydroxylation sites is 1. The fourth-order valence-corrected chi connectivity index (χ4v) is 2.74. The van der Waals surface area contributed by atoms with Crippen molar-refractivity contribution in [1.29, 1.82) is 0 Å². The number of benzene rings is 1. The maximum absolute atomic E-state index is 11.9. The minimum absolute atomic E-state index is 0. The third-order valence-corrected chi connectivity index (χ3v) is 4.42. The number of carbonyl (C=O) groups is 1. The van der Waals surface area contributed by atoms with E-state index >= 15 is 0 Å². The number of nitrogens with one attached hydrogen (secondary N) is 2. The molecule has 1 saturated heterocycles. The van der Waals surface area contributed by atoms with Crippen LogP contribution in [0.5, 0.6) is 5.75 Å².